The van der Waals surface area contributed by atoms with Gasteiger partial charge in [0.15, 0.2) is 11.5 Å². The summed E-state index contributed by atoms with van der Waals surface area (Å²) in [5.74, 6) is 3.80. The highest BCUT2D eigenvalue weighted by Crippen LogP contribution is 2.28. The van der Waals surface area contributed by atoms with Gasteiger partial charge in [-0.05, 0) is 54.7 Å². The molecular weight excluding hydrogens is 342 g/mol. The number of nitrogens with one attached hydrogen (secondary N) is 1. The Balaban J connectivity index is 1.86. The molecule has 4 heteroatoms. The maximum atomic E-state index is 5.47. The SMILES string of the molecule is C#CCOc1ccc(CCC(=S)NCc2ccc(C)c(C)c2)cc1OC. The molecule has 0 saturated carbocycles. The van der Waals surface area contributed by atoms with Gasteiger partial charge < -0.3 is 14.8 Å². The minimum atomic E-state index is 0.224. The lowest BCUT2D eigenvalue weighted by Gasteiger charge is -2.12. The standard InChI is InChI=1S/C22H25NO2S/c1-5-12-25-20-10-8-18(14-21(20)24-4)9-11-22(26)23-15-19-7-6-16(2)17(3)13-19/h1,6-8,10,13-14H,9,11-12,15H2,2-4H3,(H,23,26). The van der Waals surface area contributed by atoms with Crippen molar-refractivity contribution in [1.82, 2.24) is 5.32 Å². The van der Waals surface area contributed by atoms with E-state index >= 15 is 0 Å². The van der Waals surface area contributed by atoms with Gasteiger partial charge in [0, 0.05) is 13.0 Å². The van der Waals surface area contributed by atoms with Crippen LogP contribution >= 0.6 is 12.2 Å². The number of ether oxygens (including phenoxy) is 2. The average Bonchev–Trinajstić information content (AvgIpc) is 2.65. The van der Waals surface area contributed by atoms with E-state index in [0.29, 0.717) is 11.5 Å². The highest BCUT2D eigenvalue weighted by atomic mass is 32.1. The minimum Gasteiger partial charge on any atom is -0.493 e. The summed E-state index contributed by atoms with van der Waals surface area (Å²) in [6, 6.07) is 12.4. The summed E-state index contributed by atoms with van der Waals surface area (Å²) in [7, 11) is 1.62. The number of methoxy groups -OCH3 is 1. The van der Waals surface area contributed by atoms with Crippen LogP contribution in [0.1, 0.15) is 28.7 Å². The van der Waals surface area contributed by atoms with Crippen LogP contribution in [0.2, 0.25) is 0 Å². The third kappa shape index (κ3) is 5.79. The average molecular weight is 368 g/mol. The fraction of sp³-hybridized carbons (Fsp3) is 0.318. The van der Waals surface area contributed by atoms with Crippen LogP contribution in [0.15, 0.2) is 36.4 Å². The van der Waals surface area contributed by atoms with E-state index in [1.807, 2.05) is 18.2 Å². The molecule has 1 N–H and O–H groups in total. The summed E-state index contributed by atoms with van der Waals surface area (Å²) in [5, 5.41) is 3.34. The number of hydrogen-bond acceptors (Lipinski definition) is 3. The van der Waals surface area contributed by atoms with E-state index in [0.717, 1.165) is 29.9 Å². The van der Waals surface area contributed by atoms with Crippen molar-refractivity contribution in [2.75, 3.05) is 13.7 Å². The molecule has 0 heterocycles. The zero-order valence-electron chi connectivity index (χ0n) is 15.6. The van der Waals surface area contributed by atoms with Crippen LogP contribution in [0.5, 0.6) is 11.5 Å². The lowest BCUT2D eigenvalue weighted by atomic mass is 10.1. The highest BCUT2D eigenvalue weighted by Gasteiger charge is 2.07. The Hall–Kier alpha value is -2.51. The molecule has 0 atom stereocenters. The zero-order valence-corrected chi connectivity index (χ0v) is 16.4. The van der Waals surface area contributed by atoms with Gasteiger partial charge in [-0.15, -0.1) is 6.42 Å². The molecule has 0 aliphatic carbocycles. The Kier molecular flexibility index (Phi) is 7.50. The first kappa shape index (κ1) is 19.8. The number of rotatable bonds is 8. The molecule has 0 radical (unpaired) electrons. The number of thiocarbonyl (C=S) groups is 1. The van der Waals surface area contributed by atoms with Crippen molar-refractivity contribution < 1.29 is 9.47 Å². The summed E-state index contributed by atoms with van der Waals surface area (Å²) in [6.45, 7) is 5.22. The molecule has 0 aromatic heterocycles. The molecule has 0 saturated heterocycles. The van der Waals surface area contributed by atoms with Crippen LogP contribution in [-0.4, -0.2) is 18.7 Å². The molecule has 0 spiro atoms. The van der Waals surface area contributed by atoms with Crippen LogP contribution < -0.4 is 14.8 Å². The maximum Gasteiger partial charge on any atom is 0.162 e. The first-order chi connectivity index (χ1) is 12.5. The van der Waals surface area contributed by atoms with Gasteiger partial charge in [-0.2, -0.15) is 0 Å². The summed E-state index contributed by atoms with van der Waals surface area (Å²) >= 11 is 5.47. The largest absolute Gasteiger partial charge is 0.493 e. The predicted molar refractivity (Wildman–Crippen MR) is 111 cm³/mol. The van der Waals surface area contributed by atoms with Gasteiger partial charge in [0.1, 0.15) is 6.61 Å². The van der Waals surface area contributed by atoms with Crippen molar-refractivity contribution in [1.29, 1.82) is 0 Å². The zero-order chi connectivity index (χ0) is 18.9. The minimum absolute atomic E-state index is 0.224. The van der Waals surface area contributed by atoms with Crippen LogP contribution in [-0.2, 0) is 13.0 Å². The number of benzene rings is 2. The molecule has 2 aromatic rings. The summed E-state index contributed by atoms with van der Waals surface area (Å²) in [6.07, 6.45) is 6.85. The van der Waals surface area contributed by atoms with Gasteiger partial charge in [0.25, 0.3) is 0 Å². The number of hydrogen-bond donors (Lipinski definition) is 1. The maximum absolute atomic E-state index is 5.47. The van der Waals surface area contributed by atoms with Gasteiger partial charge in [0.2, 0.25) is 0 Å². The molecule has 0 amide bonds. The Morgan fingerprint density at radius 1 is 1.08 bits per heavy atom. The van der Waals surface area contributed by atoms with Gasteiger partial charge >= 0.3 is 0 Å². The van der Waals surface area contributed by atoms with Crippen LogP contribution in [0.4, 0.5) is 0 Å². The van der Waals surface area contributed by atoms with E-state index in [-0.39, 0.29) is 6.61 Å². The second-order valence-corrected chi connectivity index (χ2v) is 6.67. The van der Waals surface area contributed by atoms with Gasteiger partial charge in [-0.3, -0.25) is 0 Å². The van der Waals surface area contributed by atoms with E-state index in [9.17, 15) is 0 Å². The molecule has 0 aliphatic rings. The normalized spacial score (nSPS) is 10.1. The second-order valence-electron chi connectivity index (χ2n) is 6.17. The molecular formula is C22H25NO2S. The quantitative estimate of drug-likeness (QED) is 0.554. The first-order valence-electron chi connectivity index (χ1n) is 8.59. The first-order valence-corrected chi connectivity index (χ1v) is 9.00. The van der Waals surface area contributed by atoms with Gasteiger partial charge in [0.05, 0.1) is 12.1 Å². The Labute approximate surface area is 161 Å². The molecule has 2 aromatic carbocycles. The second kappa shape index (κ2) is 9.84. The molecule has 26 heavy (non-hydrogen) atoms. The molecule has 3 nitrogen and oxygen atoms in total. The summed E-state index contributed by atoms with van der Waals surface area (Å²) in [4.78, 5) is 0.856. The van der Waals surface area contributed by atoms with E-state index in [4.69, 9.17) is 28.1 Å². The Morgan fingerprint density at radius 3 is 2.54 bits per heavy atom. The van der Waals surface area contributed by atoms with E-state index in [1.165, 1.54) is 16.7 Å². The van der Waals surface area contributed by atoms with Crippen LogP contribution in [0.25, 0.3) is 0 Å². The van der Waals surface area contributed by atoms with Gasteiger partial charge in [-0.1, -0.05) is 42.4 Å². The third-order valence-electron chi connectivity index (χ3n) is 4.24. The monoisotopic (exact) mass is 367 g/mol. The van der Waals surface area contributed by atoms with E-state index in [1.54, 1.807) is 7.11 Å². The van der Waals surface area contributed by atoms with Crippen molar-refractivity contribution in [2.24, 2.45) is 0 Å². The highest BCUT2D eigenvalue weighted by molar-refractivity contribution is 7.80. The Bertz CT molecular complexity index is 808. The van der Waals surface area contributed by atoms with Crippen molar-refractivity contribution in [3.63, 3.8) is 0 Å². The lowest BCUT2D eigenvalue weighted by Crippen LogP contribution is -2.21. The molecule has 0 aliphatic heterocycles. The molecule has 0 unspecified atom stereocenters. The van der Waals surface area contributed by atoms with Crippen LogP contribution in [0, 0.1) is 26.2 Å². The van der Waals surface area contributed by atoms with Gasteiger partial charge in [-0.25, -0.2) is 0 Å². The predicted octanol–water partition coefficient (Wildman–Crippen LogP) is 4.37. The van der Waals surface area contributed by atoms with Crippen LogP contribution in [0.3, 0.4) is 0 Å². The molecule has 0 fully saturated rings. The Morgan fingerprint density at radius 2 is 1.85 bits per heavy atom. The molecule has 136 valence electrons. The fourth-order valence-electron chi connectivity index (χ4n) is 2.57. The topological polar surface area (TPSA) is 30.5 Å². The lowest BCUT2D eigenvalue weighted by molar-refractivity contribution is 0.330. The van der Waals surface area contributed by atoms with Crippen molar-refractivity contribution in [3.05, 3.63) is 58.7 Å². The van der Waals surface area contributed by atoms with Crippen molar-refractivity contribution in [3.8, 4) is 23.8 Å². The number of terminal acetylenes is 1. The van der Waals surface area contributed by atoms with E-state index in [2.05, 4.69) is 43.3 Å². The van der Waals surface area contributed by atoms with E-state index < -0.39 is 0 Å². The van der Waals surface area contributed by atoms with Crippen molar-refractivity contribution >= 4 is 17.2 Å². The summed E-state index contributed by atoms with van der Waals surface area (Å²) in [5.41, 5.74) is 4.99. The van der Waals surface area contributed by atoms with Crippen molar-refractivity contribution in [2.45, 2.75) is 33.2 Å². The molecule has 0 bridgehead atoms. The number of aryl methyl sites for hydroxylation is 3. The third-order valence-corrected chi connectivity index (χ3v) is 4.59. The summed E-state index contributed by atoms with van der Waals surface area (Å²) < 4.78 is 10.8. The smallest absolute Gasteiger partial charge is 0.162 e. The fourth-order valence-corrected chi connectivity index (χ4v) is 2.74. The molecule has 2 rings (SSSR count).